The molecule has 5 aromatic carbocycles. The van der Waals surface area contributed by atoms with Crippen molar-refractivity contribution in [2.45, 2.75) is 39.4 Å². The van der Waals surface area contributed by atoms with Crippen LogP contribution in [0.25, 0.3) is 53.9 Å². The molecule has 1 aliphatic heterocycles. The molecule has 3 N–H and O–H groups in total. The second-order valence-corrected chi connectivity index (χ2v) is 12.6. The second-order valence-electron chi connectivity index (χ2n) is 12.6. The van der Waals surface area contributed by atoms with Gasteiger partial charge in [0.15, 0.2) is 16.3 Å². The summed E-state index contributed by atoms with van der Waals surface area (Å²) in [5.74, 6) is -3.57. The summed E-state index contributed by atoms with van der Waals surface area (Å²) in [6, 6.07) is 5.56. The van der Waals surface area contributed by atoms with E-state index in [9.17, 15) is 48.6 Å². The number of aromatic hydroxyl groups is 2. The van der Waals surface area contributed by atoms with Crippen LogP contribution in [0.4, 0.5) is 0 Å². The van der Waals surface area contributed by atoms with Gasteiger partial charge in [-0.05, 0) is 45.0 Å². The first-order valence-corrected chi connectivity index (χ1v) is 16.1. The topological polar surface area (TPSA) is 216 Å². The van der Waals surface area contributed by atoms with E-state index in [4.69, 9.17) is 9.47 Å². The molecule has 7 rings (SSSR count). The Balaban J connectivity index is 1.49. The van der Waals surface area contributed by atoms with Crippen molar-refractivity contribution in [1.29, 1.82) is 0 Å². The molecule has 0 spiro atoms. The molecule has 52 heavy (non-hydrogen) atoms. The Labute approximate surface area is 290 Å². The molecular formula is C37H29N3O12. The molecule has 1 aromatic heterocycles. The minimum atomic E-state index is -1.14. The summed E-state index contributed by atoms with van der Waals surface area (Å²) < 4.78 is 11.5. The van der Waals surface area contributed by atoms with Crippen molar-refractivity contribution >= 4 is 71.6 Å². The Morgan fingerprint density at radius 2 is 1.50 bits per heavy atom. The molecule has 0 bridgehead atoms. The third-order valence-electron chi connectivity index (χ3n) is 9.76. The first-order valence-electron chi connectivity index (χ1n) is 16.1. The normalized spacial score (nSPS) is 16.2. The first kappa shape index (κ1) is 33.8. The summed E-state index contributed by atoms with van der Waals surface area (Å²) in [6.07, 6.45) is 0. The highest BCUT2D eigenvalue weighted by Crippen LogP contribution is 2.46. The van der Waals surface area contributed by atoms with Gasteiger partial charge in [0.1, 0.15) is 35.9 Å². The van der Waals surface area contributed by atoms with E-state index in [2.05, 4.69) is 5.32 Å². The molecule has 2 amide bonds. The maximum Gasteiger partial charge on any atom is 0.330 e. The number of nitrogens with zero attached hydrogens (tertiary/aromatic N) is 2. The maximum absolute atomic E-state index is 14.4. The minimum absolute atomic E-state index is 0.0445. The maximum atomic E-state index is 14.4. The smallest absolute Gasteiger partial charge is 0.330 e. The number of fused-ring (bicyclic) bond motifs is 6. The summed E-state index contributed by atoms with van der Waals surface area (Å²) in [7, 11) is 1.21. The number of rotatable bonds is 5. The van der Waals surface area contributed by atoms with E-state index in [1.165, 1.54) is 57.4 Å². The monoisotopic (exact) mass is 707 g/mol. The average molecular weight is 708 g/mol. The third kappa shape index (κ3) is 4.65. The van der Waals surface area contributed by atoms with Gasteiger partial charge < -0.3 is 34.5 Å². The zero-order valence-corrected chi connectivity index (χ0v) is 28.1. The molecule has 6 aromatic rings. The lowest BCUT2D eigenvalue weighted by atomic mass is 9.92. The Bertz CT molecular complexity index is 2910. The highest BCUT2D eigenvalue weighted by molar-refractivity contribution is 6.22. The van der Waals surface area contributed by atoms with Gasteiger partial charge in [-0.25, -0.2) is 4.79 Å². The van der Waals surface area contributed by atoms with E-state index in [0.29, 0.717) is 0 Å². The SMILES string of the molecule is CCOC(=O)[C@@H]1CN(C(=O)Cn2c(C)cc3c(=O)c4ccc5c(OC)c6c(O)c7c(=O)cccc7c(O)c6c(=O)c5c4c(=O)c3c2=O)[C@@H](C)C(=O)N1. The molecule has 0 aliphatic carbocycles. The molecule has 1 aliphatic rings. The second kappa shape index (κ2) is 12.0. The fourth-order valence-corrected chi connectivity index (χ4v) is 7.22. The number of amides is 2. The minimum Gasteiger partial charge on any atom is -0.506 e. The van der Waals surface area contributed by atoms with Gasteiger partial charge in [-0.15, -0.1) is 0 Å². The summed E-state index contributed by atoms with van der Waals surface area (Å²) in [5.41, 5.74) is -4.26. The van der Waals surface area contributed by atoms with E-state index in [0.717, 1.165) is 9.47 Å². The number of carbonyl (C=O) groups excluding carboxylic acids is 3. The number of nitrogens with one attached hydrogen (secondary N) is 1. The fraction of sp³-hybridized carbons (Fsp3) is 0.243. The van der Waals surface area contributed by atoms with E-state index in [-0.39, 0.29) is 62.3 Å². The van der Waals surface area contributed by atoms with Gasteiger partial charge in [0.05, 0.1) is 41.8 Å². The molecule has 1 fully saturated rings. The number of hydrogen-bond donors (Lipinski definition) is 3. The number of hydrogen-bond acceptors (Lipinski definition) is 12. The number of phenolic OH excluding ortho intramolecular Hbond substituents is 2. The number of esters is 1. The molecule has 1 saturated heterocycles. The van der Waals surface area contributed by atoms with Gasteiger partial charge in [-0.1, -0.05) is 12.1 Å². The van der Waals surface area contributed by atoms with Crippen molar-refractivity contribution in [2.75, 3.05) is 20.3 Å². The zero-order chi connectivity index (χ0) is 37.5. The van der Waals surface area contributed by atoms with E-state index in [1.54, 1.807) is 6.92 Å². The van der Waals surface area contributed by atoms with E-state index >= 15 is 0 Å². The van der Waals surface area contributed by atoms with Gasteiger partial charge in [0.25, 0.3) is 5.56 Å². The van der Waals surface area contributed by atoms with Crippen LogP contribution in [0.5, 0.6) is 17.2 Å². The van der Waals surface area contributed by atoms with Crippen LogP contribution in [0, 0.1) is 6.92 Å². The van der Waals surface area contributed by atoms with Crippen LogP contribution in [0.2, 0.25) is 0 Å². The standard InChI is InChI=1S/C37H29N3O12/c1-5-52-37(50)20-12-40(15(3)35(48)38-20)22(42)13-39-14(2)11-19-26(36(39)49)32(46)24-17(29(19)43)9-10-18-25(24)33(47)27-28(34(18)51-4)31(45)23-16(30(27)44)7-6-8-21(23)41/h6-11,15,20,44-45H,5,12-13H2,1-4H3,(H,38,48)/t15-,20-/m0/s1. The van der Waals surface area contributed by atoms with E-state index < -0.39 is 91.3 Å². The van der Waals surface area contributed by atoms with Gasteiger partial charge in [-0.3, -0.25) is 33.6 Å². The van der Waals surface area contributed by atoms with Gasteiger partial charge in [0.2, 0.25) is 17.2 Å². The lowest BCUT2D eigenvalue weighted by Gasteiger charge is -2.36. The molecule has 15 nitrogen and oxygen atoms in total. The molecule has 2 heterocycles. The van der Waals surface area contributed by atoms with Crippen molar-refractivity contribution in [3.8, 4) is 17.2 Å². The summed E-state index contributed by atoms with van der Waals surface area (Å²) in [6.45, 7) is 3.63. The predicted octanol–water partition coefficient (Wildman–Crippen LogP) is 0.938. The van der Waals surface area contributed by atoms with Crippen LogP contribution in [-0.4, -0.2) is 69.8 Å². The van der Waals surface area contributed by atoms with Gasteiger partial charge in [-0.2, -0.15) is 0 Å². The van der Waals surface area contributed by atoms with Crippen LogP contribution < -0.4 is 37.3 Å². The third-order valence-corrected chi connectivity index (χ3v) is 9.76. The number of pyridine rings is 1. The molecule has 15 heteroatoms. The zero-order valence-electron chi connectivity index (χ0n) is 28.1. The van der Waals surface area contributed by atoms with Crippen LogP contribution in [0.15, 0.2) is 60.4 Å². The quantitative estimate of drug-likeness (QED) is 0.0988. The average Bonchev–Trinajstić information content (AvgIpc) is 3.11. The number of methoxy groups -OCH3 is 1. The lowest BCUT2D eigenvalue weighted by Crippen LogP contribution is -2.63. The lowest BCUT2D eigenvalue weighted by molar-refractivity contribution is -0.154. The van der Waals surface area contributed by atoms with Crippen LogP contribution >= 0.6 is 0 Å². The number of ether oxygens (including phenoxy) is 2. The number of piperazine rings is 1. The number of aryl methyl sites for hydroxylation is 1. The van der Waals surface area contributed by atoms with Crippen molar-refractivity contribution in [2.24, 2.45) is 0 Å². The summed E-state index contributed by atoms with van der Waals surface area (Å²) in [4.78, 5) is 109. The Morgan fingerprint density at radius 3 is 2.19 bits per heavy atom. The van der Waals surface area contributed by atoms with Crippen molar-refractivity contribution < 1.29 is 34.1 Å². The fourth-order valence-electron chi connectivity index (χ4n) is 7.22. The Morgan fingerprint density at radius 1 is 0.827 bits per heavy atom. The highest BCUT2D eigenvalue weighted by atomic mass is 16.5. The van der Waals surface area contributed by atoms with E-state index in [1.807, 2.05) is 0 Å². The number of phenols is 2. The van der Waals surface area contributed by atoms with Gasteiger partial charge >= 0.3 is 5.97 Å². The van der Waals surface area contributed by atoms with Crippen molar-refractivity contribution in [3.63, 3.8) is 0 Å². The molecule has 264 valence electrons. The number of carbonyl (C=O) groups is 3. The molecule has 0 radical (unpaired) electrons. The van der Waals surface area contributed by atoms with Crippen molar-refractivity contribution in [1.82, 2.24) is 14.8 Å². The molecular weight excluding hydrogens is 678 g/mol. The summed E-state index contributed by atoms with van der Waals surface area (Å²) in [5, 5.41) is 22.0. The largest absolute Gasteiger partial charge is 0.506 e. The van der Waals surface area contributed by atoms with Gasteiger partial charge in [0, 0.05) is 38.0 Å². The first-order chi connectivity index (χ1) is 24.7. The predicted molar refractivity (Wildman–Crippen MR) is 190 cm³/mol. The Hall–Kier alpha value is -6.64. The van der Waals surface area contributed by atoms with Crippen LogP contribution in [-0.2, 0) is 25.7 Å². The molecule has 0 unspecified atom stereocenters. The van der Waals surface area contributed by atoms with Crippen molar-refractivity contribution in [3.05, 3.63) is 93.3 Å². The summed E-state index contributed by atoms with van der Waals surface area (Å²) >= 11 is 0. The Kier molecular flexibility index (Phi) is 7.81. The van der Waals surface area contributed by atoms with Crippen LogP contribution in [0.3, 0.4) is 0 Å². The number of aromatic nitrogens is 1. The molecule has 2 atom stereocenters. The highest BCUT2D eigenvalue weighted by Gasteiger charge is 2.38. The molecule has 0 saturated carbocycles. The number of benzene rings is 5. The van der Waals surface area contributed by atoms with Crippen LogP contribution in [0.1, 0.15) is 19.5 Å².